The van der Waals surface area contributed by atoms with Crippen molar-refractivity contribution in [1.82, 2.24) is 10.2 Å². The van der Waals surface area contributed by atoms with E-state index in [1.54, 1.807) is 0 Å². The van der Waals surface area contributed by atoms with Gasteiger partial charge in [0.2, 0.25) is 5.91 Å². The minimum atomic E-state index is -0.522. The van der Waals surface area contributed by atoms with Crippen molar-refractivity contribution in [3.05, 3.63) is 29.8 Å². The van der Waals surface area contributed by atoms with E-state index in [0.717, 1.165) is 24.9 Å². The van der Waals surface area contributed by atoms with E-state index in [4.69, 9.17) is 10.5 Å². The van der Waals surface area contributed by atoms with E-state index in [1.165, 1.54) is 0 Å². The first-order valence-electron chi connectivity index (χ1n) is 8.84. The van der Waals surface area contributed by atoms with Crippen LogP contribution in [-0.2, 0) is 16.0 Å². The van der Waals surface area contributed by atoms with Gasteiger partial charge < -0.3 is 20.7 Å². The molecule has 138 valence electrons. The second kappa shape index (κ2) is 8.23. The number of benzene rings is 1. The van der Waals surface area contributed by atoms with Gasteiger partial charge in [-0.15, -0.1) is 0 Å². The number of carbonyl (C=O) groups is 2. The third kappa shape index (κ3) is 6.64. The van der Waals surface area contributed by atoms with Gasteiger partial charge in [-0.1, -0.05) is 12.1 Å². The van der Waals surface area contributed by atoms with E-state index >= 15 is 0 Å². The molecular weight excluding hydrogens is 318 g/mol. The summed E-state index contributed by atoms with van der Waals surface area (Å²) >= 11 is 0. The normalized spacial score (nSPS) is 17.9. The zero-order chi connectivity index (χ0) is 18.4. The molecule has 1 aliphatic heterocycles. The van der Waals surface area contributed by atoms with Gasteiger partial charge >= 0.3 is 6.09 Å². The highest BCUT2D eigenvalue weighted by Crippen LogP contribution is 2.15. The summed E-state index contributed by atoms with van der Waals surface area (Å²) in [7, 11) is 0. The molecule has 1 saturated heterocycles. The predicted octanol–water partition coefficient (Wildman–Crippen LogP) is 2.72. The van der Waals surface area contributed by atoms with Gasteiger partial charge in [-0.3, -0.25) is 4.79 Å². The number of hydrogen-bond donors (Lipinski definition) is 2. The lowest BCUT2D eigenvalue weighted by Gasteiger charge is -2.33. The highest BCUT2D eigenvalue weighted by Gasteiger charge is 2.26. The second-order valence-electron chi connectivity index (χ2n) is 7.57. The number of alkyl carbamates (subject to hydrolysis) is 1. The minimum absolute atomic E-state index is 0.0556. The molecule has 2 amide bonds. The Morgan fingerprint density at radius 2 is 2.12 bits per heavy atom. The number of anilines is 1. The molecule has 6 nitrogen and oxygen atoms in total. The zero-order valence-corrected chi connectivity index (χ0v) is 15.4. The molecule has 1 aromatic rings. The number of carbonyl (C=O) groups excluding carboxylic acids is 2. The number of piperidine rings is 1. The van der Waals surface area contributed by atoms with Crippen molar-refractivity contribution in [3.8, 4) is 0 Å². The molecule has 1 heterocycles. The molecule has 0 radical (unpaired) electrons. The third-order valence-electron chi connectivity index (χ3n) is 4.07. The van der Waals surface area contributed by atoms with Crippen LogP contribution < -0.4 is 11.1 Å². The number of nitrogen functional groups attached to an aromatic ring is 1. The first kappa shape index (κ1) is 19.1. The maximum Gasteiger partial charge on any atom is 0.407 e. The Bertz CT molecular complexity index is 610. The molecule has 0 spiro atoms. The van der Waals surface area contributed by atoms with E-state index in [-0.39, 0.29) is 11.9 Å². The monoisotopic (exact) mass is 347 g/mol. The Balaban J connectivity index is 1.81. The lowest BCUT2D eigenvalue weighted by Crippen LogP contribution is -2.50. The summed E-state index contributed by atoms with van der Waals surface area (Å²) < 4.78 is 5.29. The van der Waals surface area contributed by atoms with E-state index in [0.29, 0.717) is 25.1 Å². The maximum absolute atomic E-state index is 12.5. The fourth-order valence-electron chi connectivity index (χ4n) is 2.95. The number of ether oxygens (including phenoxy) is 1. The molecule has 25 heavy (non-hydrogen) atoms. The fraction of sp³-hybridized carbons (Fsp3) is 0.579. The van der Waals surface area contributed by atoms with Gasteiger partial charge in [-0.25, -0.2) is 4.79 Å². The number of likely N-dealkylation sites (tertiary alicyclic amines) is 1. The average Bonchev–Trinajstić information content (AvgIpc) is 2.51. The van der Waals surface area contributed by atoms with Crippen LogP contribution in [0, 0.1) is 0 Å². The van der Waals surface area contributed by atoms with Crippen molar-refractivity contribution >= 4 is 17.7 Å². The number of nitrogens with one attached hydrogen (secondary N) is 1. The molecule has 1 aliphatic rings. The topological polar surface area (TPSA) is 84.7 Å². The number of nitrogens with two attached hydrogens (primary N) is 1. The van der Waals surface area contributed by atoms with Crippen LogP contribution in [0.15, 0.2) is 24.3 Å². The largest absolute Gasteiger partial charge is 0.444 e. The molecule has 1 atom stereocenters. The number of amides is 2. The number of hydrogen-bond acceptors (Lipinski definition) is 4. The second-order valence-corrected chi connectivity index (χ2v) is 7.57. The van der Waals surface area contributed by atoms with Gasteiger partial charge in [0.25, 0.3) is 0 Å². The summed E-state index contributed by atoms with van der Waals surface area (Å²) in [5, 5.41) is 2.87. The molecule has 0 saturated carbocycles. The molecule has 0 bridgehead atoms. The predicted molar refractivity (Wildman–Crippen MR) is 98.1 cm³/mol. The highest BCUT2D eigenvalue weighted by molar-refractivity contribution is 5.77. The van der Waals surface area contributed by atoms with Crippen LogP contribution in [0.4, 0.5) is 10.5 Å². The Kier molecular flexibility index (Phi) is 6.28. The summed E-state index contributed by atoms with van der Waals surface area (Å²) in [6.45, 7) is 6.77. The molecule has 1 fully saturated rings. The van der Waals surface area contributed by atoms with E-state index < -0.39 is 11.7 Å². The zero-order valence-electron chi connectivity index (χ0n) is 15.4. The summed E-state index contributed by atoms with van der Waals surface area (Å²) in [5.74, 6) is 0.109. The van der Waals surface area contributed by atoms with Crippen molar-refractivity contribution in [3.63, 3.8) is 0 Å². The third-order valence-corrected chi connectivity index (χ3v) is 4.07. The molecular formula is C19H29N3O3. The van der Waals surface area contributed by atoms with Crippen LogP contribution in [0.2, 0.25) is 0 Å². The lowest BCUT2D eigenvalue weighted by molar-refractivity contribution is -0.132. The van der Waals surface area contributed by atoms with Gasteiger partial charge in [-0.2, -0.15) is 0 Å². The van der Waals surface area contributed by atoms with Gasteiger partial charge in [0.15, 0.2) is 0 Å². The van der Waals surface area contributed by atoms with Crippen molar-refractivity contribution in [2.24, 2.45) is 0 Å². The van der Waals surface area contributed by atoms with E-state index in [9.17, 15) is 9.59 Å². The van der Waals surface area contributed by atoms with Crippen LogP contribution in [-0.4, -0.2) is 41.6 Å². The average molecular weight is 347 g/mol. The van der Waals surface area contributed by atoms with E-state index in [2.05, 4.69) is 5.32 Å². The Morgan fingerprint density at radius 1 is 1.36 bits per heavy atom. The van der Waals surface area contributed by atoms with Crippen LogP contribution in [0.25, 0.3) is 0 Å². The fourth-order valence-corrected chi connectivity index (χ4v) is 2.95. The molecule has 0 aromatic heterocycles. The highest BCUT2D eigenvalue weighted by atomic mass is 16.6. The smallest absolute Gasteiger partial charge is 0.407 e. The summed E-state index contributed by atoms with van der Waals surface area (Å²) in [6.07, 6.45) is 2.43. The van der Waals surface area contributed by atoms with Crippen molar-refractivity contribution in [2.45, 2.75) is 58.1 Å². The molecule has 2 rings (SSSR count). The van der Waals surface area contributed by atoms with Gasteiger partial charge in [0.05, 0.1) is 0 Å². The van der Waals surface area contributed by atoms with Crippen molar-refractivity contribution in [2.75, 3.05) is 18.8 Å². The van der Waals surface area contributed by atoms with Crippen LogP contribution in [0.1, 0.15) is 45.6 Å². The molecule has 0 aliphatic carbocycles. The summed E-state index contributed by atoms with van der Waals surface area (Å²) in [4.78, 5) is 26.2. The summed E-state index contributed by atoms with van der Waals surface area (Å²) in [6, 6.07) is 7.56. The molecule has 0 unspecified atom stereocenters. The minimum Gasteiger partial charge on any atom is -0.444 e. The number of aryl methyl sites for hydroxylation is 1. The van der Waals surface area contributed by atoms with Crippen molar-refractivity contribution in [1.29, 1.82) is 0 Å². The Morgan fingerprint density at radius 3 is 2.80 bits per heavy atom. The molecule has 6 heteroatoms. The maximum atomic E-state index is 12.5. The van der Waals surface area contributed by atoms with Crippen LogP contribution in [0.5, 0.6) is 0 Å². The molecule has 1 aromatic carbocycles. The van der Waals surface area contributed by atoms with Crippen LogP contribution >= 0.6 is 0 Å². The lowest BCUT2D eigenvalue weighted by atomic mass is 10.0. The first-order valence-corrected chi connectivity index (χ1v) is 8.84. The van der Waals surface area contributed by atoms with Crippen molar-refractivity contribution < 1.29 is 14.3 Å². The van der Waals surface area contributed by atoms with E-state index in [1.807, 2.05) is 49.9 Å². The Hall–Kier alpha value is -2.24. The van der Waals surface area contributed by atoms with Gasteiger partial charge in [0.1, 0.15) is 5.60 Å². The Labute approximate surface area is 149 Å². The number of nitrogens with zero attached hydrogens (tertiary/aromatic N) is 1. The quantitative estimate of drug-likeness (QED) is 0.820. The molecule has 3 N–H and O–H groups in total. The van der Waals surface area contributed by atoms with Gasteiger partial charge in [-0.05, 0) is 57.7 Å². The summed E-state index contributed by atoms with van der Waals surface area (Å²) in [5.41, 5.74) is 7.02. The number of rotatable bonds is 4. The van der Waals surface area contributed by atoms with Gasteiger partial charge in [0, 0.05) is 31.2 Å². The van der Waals surface area contributed by atoms with Crippen LogP contribution in [0.3, 0.4) is 0 Å². The first-order chi connectivity index (χ1) is 11.7. The standard InChI is InChI=1S/C19H29N3O3/c1-19(2,3)25-18(24)21-16-8-5-11-22(13-16)17(23)10-9-14-6-4-7-15(20)12-14/h4,6-7,12,16H,5,8-11,13,20H2,1-3H3,(H,21,24)/t16-/m1/s1. The SMILES string of the molecule is CC(C)(C)OC(=O)N[C@@H]1CCCN(C(=O)CCc2cccc(N)c2)C1.